The molecule has 0 radical (unpaired) electrons. The Kier molecular flexibility index (Phi) is 4.77. The molecule has 24 heavy (non-hydrogen) atoms. The number of amides is 1. The zero-order valence-electron chi connectivity index (χ0n) is 13.1. The van der Waals surface area contributed by atoms with Crippen molar-refractivity contribution in [1.29, 1.82) is 0 Å². The van der Waals surface area contributed by atoms with E-state index in [1.165, 1.54) is 0 Å². The molecule has 0 atom stereocenters. The van der Waals surface area contributed by atoms with Gasteiger partial charge < -0.3 is 10.5 Å². The number of benzene rings is 3. The number of nitrogen functional groups attached to an aromatic ring is 1. The van der Waals surface area contributed by atoms with Crippen LogP contribution in [0.3, 0.4) is 0 Å². The summed E-state index contributed by atoms with van der Waals surface area (Å²) in [6.45, 7) is 0.225. The maximum atomic E-state index is 12.1. The average Bonchev–Trinajstić information content (AvgIpc) is 2.63. The average molecular weight is 318 g/mol. The first-order valence-corrected chi connectivity index (χ1v) is 7.65. The van der Waals surface area contributed by atoms with Crippen molar-refractivity contribution in [2.24, 2.45) is 0 Å². The zero-order valence-corrected chi connectivity index (χ0v) is 13.1. The fourth-order valence-corrected chi connectivity index (χ4v) is 2.40. The molecule has 4 heteroatoms. The zero-order chi connectivity index (χ0) is 16.8. The summed E-state index contributed by atoms with van der Waals surface area (Å²) in [5.41, 5.74) is 9.95. The first-order chi connectivity index (χ1) is 11.7. The number of carbonyl (C=O) groups is 1. The number of hydrogen-bond acceptors (Lipinski definition) is 3. The molecule has 3 aromatic carbocycles. The molecule has 3 rings (SSSR count). The Morgan fingerprint density at radius 3 is 2.29 bits per heavy atom. The van der Waals surface area contributed by atoms with Crippen LogP contribution in [0.1, 0.15) is 5.56 Å². The van der Waals surface area contributed by atoms with Gasteiger partial charge in [0.1, 0.15) is 6.61 Å². The molecule has 0 aliphatic heterocycles. The van der Waals surface area contributed by atoms with Gasteiger partial charge in [-0.2, -0.15) is 0 Å². The van der Waals surface area contributed by atoms with Gasteiger partial charge in [0.2, 0.25) is 0 Å². The molecule has 0 saturated carbocycles. The van der Waals surface area contributed by atoms with Crippen LogP contribution in [-0.2, 0) is 11.3 Å². The minimum Gasteiger partial charge on any atom is -0.444 e. The molecule has 0 unspecified atom stereocenters. The number of ether oxygens (including phenoxy) is 1. The van der Waals surface area contributed by atoms with Crippen molar-refractivity contribution >= 4 is 17.5 Å². The summed E-state index contributed by atoms with van der Waals surface area (Å²) in [6.07, 6.45) is -0.499. The van der Waals surface area contributed by atoms with Gasteiger partial charge in [-0.15, -0.1) is 0 Å². The third kappa shape index (κ3) is 3.93. The molecular weight excluding hydrogens is 300 g/mol. The summed E-state index contributed by atoms with van der Waals surface area (Å²) in [5, 5.41) is 2.79. The van der Waals surface area contributed by atoms with Gasteiger partial charge >= 0.3 is 6.09 Å². The molecule has 0 aliphatic carbocycles. The van der Waals surface area contributed by atoms with Crippen molar-refractivity contribution in [3.63, 3.8) is 0 Å². The molecule has 3 aromatic rings. The van der Waals surface area contributed by atoms with E-state index in [0.717, 1.165) is 16.7 Å². The molecule has 120 valence electrons. The lowest BCUT2D eigenvalue weighted by Crippen LogP contribution is -2.14. The van der Waals surface area contributed by atoms with Crippen LogP contribution in [0.15, 0.2) is 78.9 Å². The van der Waals surface area contributed by atoms with Crippen LogP contribution in [-0.4, -0.2) is 6.09 Å². The molecule has 0 fully saturated rings. The lowest BCUT2D eigenvalue weighted by atomic mass is 10.0. The van der Waals surface area contributed by atoms with Crippen molar-refractivity contribution in [1.82, 2.24) is 0 Å². The van der Waals surface area contributed by atoms with Crippen LogP contribution >= 0.6 is 0 Å². The summed E-state index contributed by atoms with van der Waals surface area (Å²) in [4.78, 5) is 12.1. The number of rotatable bonds is 4. The van der Waals surface area contributed by atoms with Crippen LogP contribution in [0.25, 0.3) is 11.1 Å². The number of nitrogens with two attached hydrogens (primary N) is 1. The highest BCUT2D eigenvalue weighted by molar-refractivity contribution is 5.92. The highest BCUT2D eigenvalue weighted by Gasteiger charge is 2.10. The van der Waals surface area contributed by atoms with Gasteiger partial charge in [0.05, 0.1) is 5.69 Å². The van der Waals surface area contributed by atoms with E-state index < -0.39 is 6.09 Å². The van der Waals surface area contributed by atoms with Gasteiger partial charge in [0.25, 0.3) is 0 Å². The molecule has 0 aromatic heterocycles. The summed E-state index contributed by atoms with van der Waals surface area (Å²) in [7, 11) is 0. The van der Waals surface area contributed by atoms with E-state index in [2.05, 4.69) is 5.32 Å². The van der Waals surface area contributed by atoms with Gasteiger partial charge in [0, 0.05) is 11.3 Å². The van der Waals surface area contributed by atoms with Crippen LogP contribution < -0.4 is 11.1 Å². The van der Waals surface area contributed by atoms with E-state index in [1.807, 2.05) is 66.7 Å². The number of anilines is 2. The van der Waals surface area contributed by atoms with Crippen LogP contribution in [0.2, 0.25) is 0 Å². The second-order valence-electron chi connectivity index (χ2n) is 5.36. The Labute approximate surface area is 140 Å². The summed E-state index contributed by atoms with van der Waals surface area (Å²) < 4.78 is 5.27. The predicted octanol–water partition coefficient (Wildman–Crippen LogP) is 4.68. The lowest BCUT2D eigenvalue weighted by molar-refractivity contribution is 0.155. The summed E-state index contributed by atoms with van der Waals surface area (Å²) >= 11 is 0. The lowest BCUT2D eigenvalue weighted by Gasteiger charge is -2.12. The standard InChI is InChI=1S/C20H18N2O2/c21-17-11-12-19(18(13-17)16-9-5-2-6-10-16)22-20(23)24-14-15-7-3-1-4-8-15/h1-13H,14,21H2,(H,22,23). The third-order valence-electron chi connectivity index (χ3n) is 3.58. The monoisotopic (exact) mass is 318 g/mol. The van der Waals surface area contributed by atoms with Crippen LogP contribution in [0, 0.1) is 0 Å². The van der Waals surface area contributed by atoms with E-state index in [9.17, 15) is 4.79 Å². The van der Waals surface area contributed by atoms with E-state index in [0.29, 0.717) is 11.4 Å². The first kappa shape index (κ1) is 15.6. The van der Waals surface area contributed by atoms with Gasteiger partial charge in [-0.3, -0.25) is 5.32 Å². The topological polar surface area (TPSA) is 64.3 Å². The van der Waals surface area contributed by atoms with E-state index >= 15 is 0 Å². The Balaban J connectivity index is 1.74. The van der Waals surface area contributed by atoms with Crippen molar-refractivity contribution in [2.75, 3.05) is 11.1 Å². The molecule has 3 N–H and O–H groups in total. The van der Waals surface area contributed by atoms with Crippen molar-refractivity contribution < 1.29 is 9.53 Å². The molecule has 0 heterocycles. The molecular formula is C20H18N2O2. The van der Waals surface area contributed by atoms with Crippen LogP contribution in [0.4, 0.5) is 16.2 Å². The van der Waals surface area contributed by atoms with Gasteiger partial charge in [-0.1, -0.05) is 60.7 Å². The third-order valence-corrected chi connectivity index (χ3v) is 3.58. The molecule has 0 saturated heterocycles. The fraction of sp³-hybridized carbons (Fsp3) is 0.0500. The largest absolute Gasteiger partial charge is 0.444 e. The minimum atomic E-state index is -0.499. The normalized spacial score (nSPS) is 10.2. The van der Waals surface area contributed by atoms with E-state index in [4.69, 9.17) is 10.5 Å². The molecule has 0 aliphatic rings. The SMILES string of the molecule is Nc1ccc(NC(=O)OCc2ccccc2)c(-c2ccccc2)c1. The Morgan fingerprint density at radius 1 is 0.917 bits per heavy atom. The van der Waals surface area contributed by atoms with E-state index in [-0.39, 0.29) is 6.61 Å². The molecule has 1 amide bonds. The van der Waals surface area contributed by atoms with E-state index in [1.54, 1.807) is 12.1 Å². The molecule has 0 bridgehead atoms. The predicted molar refractivity (Wildman–Crippen MR) is 96.5 cm³/mol. The van der Waals surface area contributed by atoms with Crippen molar-refractivity contribution in [2.45, 2.75) is 6.61 Å². The van der Waals surface area contributed by atoms with Gasteiger partial charge in [0.15, 0.2) is 0 Å². The number of carbonyl (C=O) groups excluding carboxylic acids is 1. The first-order valence-electron chi connectivity index (χ1n) is 7.65. The Bertz CT molecular complexity index is 818. The quantitative estimate of drug-likeness (QED) is 0.686. The fourth-order valence-electron chi connectivity index (χ4n) is 2.40. The number of hydrogen-bond donors (Lipinski definition) is 2. The highest BCUT2D eigenvalue weighted by atomic mass is 16.5. The minimum absolute atomic E-state index is 0.225. The van der Waals surface area contributed by atoms with Crippen molar-refractivity contribution in [3.8, 4) is 11.1 Å². The second kappa shape index (κ2) is 7.33. The maximum Gasteiger partial charge on any atom is 0.411 e. The van der Waals surface area contributed by atoms with Crippen LogP contribution in [0.5, 0.6) is 0 Å². The highest BCUT2D eigenvalue weighted by Crippen LogP contribution is 2.30. The van der Waals surface area contributed by atoms with Gasteiger partial charge in [-0.25, -0.2) is 4.79 Å². The maximum absolute atomic E-state index is 12.1. The smallest absolute Gasteiger partial charge is 0.411 e. The van der Waals surface area contributed by atoms with Gasteiger partial charge in [-0.05, 0) is 29.3 Å². The summed E-state index contributed by atoms with van der Waals surface area (Å²) in [6, 6.07) is 24.7. The summed E-state index contributed by atoms with van der Waals surface area (Å²) in [5.74, 6) is 0. The molecule has 0 spiro atoms. The Hall–Kier alpha value is -3.27. The second-order valence-corrected chi connectivity index (χ2v) is 5.36. The molecule has 4 nitrogen and oxygen atoms in total. The number of nitrogens with one attached hydrogen (secondary N) is 1. The Morgan fingerprint density at radius 2 is 1.58 bits per heavy atom. The van der Waals surface area contributed by atoms with Crippen molar-refractivity contribution in [3.05, 3.63) is 84.4 Å².